The van der Waals surface area contributed by atoms with Gasteiger partial charge in [0.05, 0.1) is 18.1 Å². The van der Waals surface area contributed by atoms with E-state index in [1.165, 1.54) is 5.56 Å². The zero-order chi connectivity index (χ0) is 19.5. The molecule has 0 spiro atoms. The van der Waals surface area contributed by atoms with Gasteiger partial charge in [-0.1, -0.05) is 47.5 Å². The largest absolute Gasteiger partial charge is 0.494 e. The summed E-state index contributed by atoms with van der Waals surface area (Å²) in [6.45, 7) is 1.64. The average Bonchev–Trinajstić information content (AvgIpc) is 2.64. The summed E-state index contributed by atoms with van der Waals surface area (Å²) in [4.78, 5) is 10.4. The number of carboxylic acids is 1. The molecule has 27 heavy (non-hydrogen) atoms. The highest BCUT2D eigenvalue weighted by atomic mass is 35.5. The van der Waals surface area contributed by atoms with Gasteiger partial charge < -0.3 is 15.2 Å². The maximum atomic E-state index is 10.4. The minimum atomic E-state index is -0.807. The Morgan fingerprint density at radius 2 is 1.93 bits per heavy atom. The molecule has 0 aliphatic rings. The van der Waals surface area contributed by atoms with Gasteiger partial charge in [-0.3, -0.25) is 4.79 Å². The molecule has 0 aliphatic heterocycles. The number of nitrogens with one attached hydrogen (secondary N) is 1. The number of aliphatic carboxylic acids is 1. The second-order valence-corrected chi connectivity index (χ2v) is 6.86. The summed E-state index contributed by atoms with van der Waals surface area (Å²) < 4.78 is 5.76. The fourth-order valence-corrected chi connectivity index (χ4v) is 2.78. The van der Waals surface area contributed by atoms with Gasteiger partial charge in [-0.05, 0) is 54.3 Å². The van der Waals surface area contributed by atoms with Crippen LogP contribution in [0.4, 0.5) is 0 Å². The minimum absolute atomic E-state index is 0.110. The number of carbonyl (C=O) groups is 1. The van der Waals surface area contributed by atoms with Crippen LogP contribution in [0, 0.1) is 0 Å². The second-order valence-electron chi connectivity index (χ2n) is 6.01. The lowest BCUT2D eigenvalue weighted by atomic mass is 10.1. The number of ether oxygens (including phenoxy) is 1. The molecule has 0 unspecified atom stereocenters. The maximum absolute atomic E-state index is 10.4. The van der Waals surface area contributed by atoms with Crippen LogP contribution >= 0.6 is 23.2 Å². The molecular formula is C21H23Cl2NO3. The van der Waals surface area contributed by atoms with Crippen LogP contribution in [0.1, 0.15) is 24.0 Å². The predicted octanol–water partition coefficient (Wildman–Crippen LogP) is 5.08. The first-order valence-electron chi connectivity index (χ1n) is 8.80. The van der Waals surface area contributed by atoms with Crippen LogP contribution in [-0.4, -0.2) is 30.8 Å². The Labute approximate surface area is 169 Å². The Hall–Kier alpha value is -2.01. The van der Waals surface area contributed by atoms with Gasteiger partial charge >= 0.3 is 5.97 Å². The second kappa shape index (κ2) is 11.7. The van der Waals surface area contributed by atoms with Crippen molar-refractivity contribution in [1.29, 1.82) is 0 Å². The van der Waals surface area contributed by atoms with Gasteiger partial charge in [0, 0.05) is 18.1 Å². The van der Waals surface area contributed by atoms with Crippen LogP contribution in [0.5, 0.6) is 5.75 Å². The van der Waals surface area contributed by atoms with Gasteiger partial charge in [0.2, 0.25) is 0 Å². The van der Waals surface area contributed by atoms with Crippen molar-refractivity contribution in [3.63, 3.8) is 0 Å². The summed E-state index contributed by atoms with van der Waals surface area (Å²) in [6.07, 6.45) is 5.76. The van der Waals surface area contributed by atoms with Gasteiger partial charge in [-0.2, -0.15) is 0 Å². The van der Waals surface area contributed by atoms with E-state index in [0.717, 1.165) is 29.2 Å². The van der Waals surface area contributed by atoms with Crippen LogP contribution in [0.3, 0.4) is 0 Å². The highest BCUT2D eigenvalue weighted by Gasteiger charge is 2.01. The van der Waals surface area contributed by atoms with E-state index in [9.17, 15) is 4.79 Å². The zero-order valence-electron chi connectivity index (χ0n) is 15.0. The third-order valence-electron chi connectivity index (χ3n) is 3.84. The average molecular weight is 408 g/mol. The third kappa shape index (κ3) is 8.48. The number of hydrogen-bond acceptors (Lipinski definition) is 3. The number of halogens is 2. The molecule has 0 amide bonds. The van der Waals surface area contributed by atoms with Crippen molar-refractivity contribution in [2.24, 2.45) is 0 Å². The van der Waals surface area contributed by atoms with Gasteiger partial charge in [0.1, 0.15) is 5.75 Å². The molecule has 0 atom stereocenters. The molecule has 4 nitrogen and oxygen atoms in total. The van der Waals surface area contributed by atoms with Crippen LogP contribution in [-0.2, 0) is 11.2 Å². The van der Waals surface area contributed by atoms with Crippen LogP contribution in [0.2, 0.25) is 10.0 Å². The molecule has 0 bridgehead atoms. The van der Waals surface area contributed by atoms with Crippen LogP contribution in [0.15, 0.2) is 48.5 Å². The number of benzene rings is 2. The Morgan fingerprint density at radius 1 is 1.15 bits per heavy atom. The SMILES string of the molecule is O=C(O)CCNCC=Cc1ccc(OCCCc2ccc(Cl)cc2)cc1Cl. The highest BCUT2D eigenvalue weighted by molar-refractivity contribution is 6.32. The summed E-state index contributed by atoms with van der Waals surface area (Å²) >= 11 is 12.2. The van der Waals surface area contributed by atoms with Gasteiger partial charge in [-0.25, -0.2) is 0 Å². The quantitative estimate of drug-likeness (QED) is 0.509. The molecule has 0 aromatic heterocycles. The van der Waals surface area contributed by atoms with Crippen molar-refractivity contribution in [3.8, 4) is 5.75 Å². The van der Waals surface area contributed by atoms with E-state index < -0.39 is 5.97 Å². The first kappa shape index (κ1) is 21.3. The molecule has 6 heteroatoms. The van der Waals surface area contributed by atoms with Crippen molar-refractivity contribution in [1.82, 2.24) is 5.32 Å². The molecule has 0 saturated carbocycles. The summed E-state index contributed by atoms with van der Waals surface area (Å²) in [6, 6.07) is 13.4. The summed E-state index contributed by atoms with van der Waals surface area (Å²) in [5, 5.41) is 13.0. The van der Waals surface area contributed by atoms with E-state index >= 15 is 0 Å². The monoisotopic (exact) mass is 407 g/mol. The maximum Gasteiger partial charge on any atom is 0.304 e. The number of hydrogen-bond donors (Lipinski definition) is 2. The molecule has 2 rings (SSSR count). The highest BCUT2D eigenvalue weighted by Crippen LogP contribution is 2.24. The molecule has 144 valence electrons. The lowest BCUT2D eigenvalue weighted by Gasteiger charge is -2.08. The molecule has 0 saturated heterocycles. The number of aryl methyl sites for hydroxylation is 1. The van der Waals surface area contributed by atoms with Crippen LogP contribution < -0.4 is 10.1 Å². The normalized spacial score (nSPS) is 11.0. The van der Waals surface area contributed by atoms with E-state index in [-0.39, 0.29) is 6.42 Å². The fourth-order valence-electron chi connectivity index (χ4n) is 2.42. The van der Waals surface area contributed by atoms with Crippen molar-refractivity contribution in [2.45, 2.75) is 19.3 Å². The first-order valence-corrected chi connectivity index (χ1v) is 9.56. The Bertz CT molecular complexity index is 761. The molecule has 0 heterocycles. The zero-order valence-corrected chi connectivity index (χ0v) is 16.5. The van der Waals surface area contributed by atoms with Crippen molar-refractivity contribution in [3.05, 3.63) is 69.7 Å². The standard InChI is InChI=1S/C21H23Cl2NO3/c22-18-8-5-16(6-9-18)3-2-14-27-19-10-7-17(20(23)15-19)4-1-12-24-13-11-21(25)26/h1,4-10,15,24H,2-3,11-14H2,(H,25,26). The summed E-state index contributed by atoms with van der Waals surface area (Å²) in [5.41, 5.74) is 2.13. The van der Waals surface area contributed by atoms with Crippen molar-refractivity contribution >= 4 is 35.2 Å². The van der Waals surface area contributed by atoms with Crippen molar-refractivity contribution < 1.29 is 14.6 Å². The Kier molecular flexibility index (Phi) is 9.19. The lowest BCUT2D eigenvalue weighted by molar-refractivity contribution is -0.136. The smallest absolute Gasteiger partial charge is 0.304 e. The molecule has 2 N–H and O–H groups in total. The van der Waals surface area contributed by atoms with Gasteiger partial charge in [0.25, 0.3) is 0 Å². The van der Waals surface area contributed by atoms with Crippen molar-refractivity contribution in [2.75, 3.05) is 19.7 Å². The molecule has 0 fully saturated rings. The predicted molar refractivity (Wildman–Crippen MR) is 111 cm³/mol. The summed E-state index contributed by atoms with van der Waals surface area (Å²) in [7, 11) is 0. The summed E-state index contributed by atoms with van der Waals surface area (Å²) in [5.74, 6) is -0.0638. The first-order chi connectivity index (χ1) is 13.0. The van der Waals surface area contributed by atoms with Gasteiger partial charge in [-0.15, -0.1) is 0 Å². The van der Waals surface area contributed by atoms with E-state index in [1.807, 2.05) is 48.6 Å². The Balaban J connectivity index is 1.71. The topological polar surface area (TPSA) is 58.6 Å². The lowest BCUT2D eigenvalue weighted by Crippen LogP contribution is -2.17. The van der Waals surface area contributed by atoms with E-state index in [1.54, 1.807) is 6.07 Å². The van der Waals surface area contributed by atoms with Gasteiger partial charge in [0.15, 0.2) is 0 Å². The van der Waals surface area contributed by atoms with E-state index in [2.05, 4.69) is 5.32 Å². The molecule has 0 radical (unpaired) electrons. The number of carboxylic acid groups (broad SMARTS) is 1. The third-order valence-corrected chi connectivity index (χ3v) is 4.42. The molecular weight excluding hydrogens is 385 g/mol. The van der Waals surface area contributed by atoms with E-state index in [4.69, 9.17) is 33.0 Å². The van der Waals surface area contributed by atoms with Crippen LogP contribution in [0.25, 0.3) is 6.08 Å². The minimum Gasteiger partial charge on any atom is -0.494 e. The molecule has 2 aromatic carbocycles. The fraction of sp³-hybridized carbons (Fsp3) is 0.286. The molecule has 2 aromatic rings. The van der Waals surface area contributed by atoms with E-state index in [0.29, 0.717) is 24.7 Å². The number of rotatable bonds is 11. The molecule has 0 aliphatic carbocycles. The Morgan fingerprint density at radius 3 is 2.63 bits per heavy atom.